The summed E-state index contributed by atoms with van der Waals surface area (Å²) < 4.78 is 0. The summed E-state index contributed by atoms with van der Waals surface area (Å²) >= 11 is 0. The number of aromatic nitrogens is 2. The zero-order valence-corrected chi connectivity index (χ0v) is 11.1. The number of imidazole rings is 1. The van der Waals surface area contributed by atoms with Crippen LogP contribution in [-0.2, 0) is 6.54 Å². The molecule has 1 amide bonds. The van der Waals surface area contributed by atoms with E-state index in [9.17, 15) is 4.79 Å². The first-order chi connectivity index (χ1) is 9.15. The van der Waals surface area contributed by atoms with Gasteiger partial charge in [0.25, 0.3) is 5.91 Å². The minimum Gasteiger partial charge on any atom is -0.383 e. The van der Waals surface area contributed by atoms with Crippen molar-refractivity contribution in [3.63, 3.8) is 0 Å². The number of nitrogens with zero attached hydrogens (tertiary/aromatic N) is 1. The minimum absolute atomic E-state index is 0.108. The highest BCUT2D eigenvalue weighted by molar-refractivity contribution is 5.95. The van der Waals surface area contributed by atoms with Crippen molar-refractivity contribution < 1.29 is 4.79 Å². The summed E-state index contributed by atoms with van der Waals surface area (Å²) in [4.78, 5) is 19.0. The lowest BCUT2D eigenvalue weighted by molar-refractivity contribution is 0.0950. The second kappa shape index (κ2) is 6.04. The fourth-order valence-corrected chi connectivity index (χ4v) is 1.74. The van der Waals surface area contributed by atoms with Crippen LogP contribution in [0.2, 0.25) is 0 Å². The van der Waals surface area contributed by atoms with Gasteiger partial charge in [-0.3, -0.25) is 4.79 Å². The Labute approximate surface area is 112 Å². The van der Waals surface area contributed by atoms with Crippen LogP contribution in [0.5, 0.6) is 0 Å². The summed E-state index contributed by atoms with van der Waals surface area (Å²) in [5.41, 5.74) is 1.58. The van der Waals surface area contributed by atoms with E-state index in [1.165, 1.54) is 0 Å². The highest BCUT2D eigenvalue weighted by Gasteiger charge is 2.07. The molecule has 2 rings (SSSR count). The van der Waals surface area contributed by atoms with E-state index in [1.54, 1.807) is 18.5 Å². The maximum atomic E-state index is 12.0. The Balaban J connectivity index is 1.98. The lowest BCUT2D eigenvalue weighted by Crippen LogP contribution is -2.23. The van der Waals surface area contributed by atoms with Gasteiger partial charge >= 0.3 is 0 Å². The molecule has 2 aromatic rings. The van der Waals surface area contributed by atoms with Crippen LogP contribution in [0.1, 0.15) is 30.0 Å². The van der Waals surface area contributed by atoms with Crippen LogP contribution in [0.4, 0.5) is 5.69 Å². The average Bonchev–Trinajstić information content (AvgIpc) is 2.88. The van der Waals surface area contributed by atoms with Crippen LogP contribution in [0.3, 0.4) is 0 Å². The first-order valence-electron chi connectivity index (χ1n) is 6.28. The third-order valence-electron chi connectivity index (χ3n) is 2.55. The molecular weight excluding hydrogens is 240 g/mol. The number of amides is 1. The summed E-state index contributed by atoms with van der Waals surface area (Å²) in [6.45, 7) is 4.51. The van der Waals surface area contributed by atoms with Crippen LogP contribution in [-0.4, -0.2) is 21.9 Å². The largest absolute Gasteiger partial charge is 0.383 e. The first-order valence-corrected chi connectivity index (χ1v) is 6.28. The van der Waals surface area contributed by atoms with E-state index in [2.05, 4.69) is 34.4 Å². The highest BCUT2D eigenvalue weighted by atomic mass is 16.1. The Morgan fingerprint density at radius 2 is 2.26 bits per heavy atom. The van der Waals surface area contributed by atoms with Crippen LogP contribution in [0.15, 0.2) is 36.7 Å². The SMILES string of the molecule is CC(C)Nc1cccc(C(=O)NCc2ncc[nH]2)c1. The summed E-state index contributed by atoms with van der Waals surface area (Å²) in [6.07, 6.45) is 3.39. The summed E-state index contributed by atoms with van der Waals surface area (Å²) in [7, 11) is 0. The van der Waals surface area contributed by atoms with Gasteiger partial charge < -0.3 is 15.6 Å². The van der Waals surface area contributed by atoms with Crippen LogP contribution in [0.25, 0.3) is 0 Å². The number of anilines is 1. The fraction of sp³-hybridized carbons (Fsp3) is 0.286. The fourth-order valence-electron chi connectivity index (χ4n) is 1.74. The van der Waals surface area contributed by atoms with Gasteiger partial charge in [0.15, 0.2) is 0 Å². The quantitative estimate of drug-likeness (QED) is 0.769. The Morgan fingerprint density at radius 1 is 1.42 bits per heavy atom. The highest BCUT2D eigenvalue weighted by Crippen LogP contribution is 2.11. The van der Waals surface area contributed by atoms with Crippen LogP contribution >= 0.6 is 0 Å². The number of hydrogen-bond donors (Lipinski definition) is 3. The van der Waals surface area contributed by atoms with E-state index in [1.807, 2.05) is 18.2 Å². The van der Waals surface area contributed by atoms with Crippen LogP contribution < -0.4 is 10.6 Å². The molecule has 100 valence electrons. The molecule has 0 fully saturated rings. The molecule has 3 N–H and O–H groups in total. The van der Waals surface area contributed by atoms with Gasteiger partial charge in [0.1, 0.15) is 5.82 Å². The van der Waals surface area contributed by atoms with Gasteiger partial charge in [0.05, 0.1) is 6.54 Å². The zero-order chi connectivity index (χ0) is 13.7. The van der Waals surface area contributed by atoms with E-state index in [0.29, 0.717) is 18.2 Å². The van der Waals surface area contributed by atoms with E-state index in [0.717, 1.165) is 11.5 Å². The lowest BCUT2D eigenvalue weighted by atomic mass is 10.2. The van der Waals surface area contributed by atoms with Gasteiger partial charge in [-0.1, -0.05) is 6.07 Å². The first kappa shape index (κ1) is 13.1. The number of nitrogens with one attached hydrogen (secondary N) is 3. The third kappa shape index (κ3) is 3.84. The molecule has 5 nitrogen and oxygen atoms in total. The standard InChI is InChI=1S/C14H18N4O/c1-10(2)18-12-5-3-4-11(8-12)14(19)17-9-13-15-6-7-16-13/h3-8,10,18H,9H2,1-2H3,(H,15,16)(H,17,19). The number of carbonyl (C=O) groups excluding carboxylic acids is 1. The van der Waals surface area contributed by atoms with Gasteiger partial charge in [-0.05, 0) is 32.0 Å². The molecule has 1 aromatic carbocycles. The number of rotatable bonds is 5. The predicted molar refractivity (Wildman–Crippen MR) is 75.0 cm³/mol. The number of H-pyrrole nitrogens is 1. The van der Waals surface area contributed by atoms with E-state index in [-0.39, 0.29) is 5.91 Å². The predicted octanol–water partition coefficient (Wildman–Crippen LogP) is 2.16. The molecule has 0 aliphatic rings. The Bertz CT molecular complexity index is 534. The van der Waals surface area contributed by atoms with Gasteiger partial charge in [-0.25, -0.2) is 4.98 Å². The monoisotopic (exact) mass is 258 g/mol. The van der Waals surface area contributed by atoms with Crippen molar-refractivity contribution in [1.82, 2.24) is 15.3 Å². The second-order valence-electron chi connectivity index (χ2n) is 4.60. The third-order valence-corrected chi connectivity index (χ3v) is 2.55. The van der Waals surface area contributed by atoms with Gasteiger partial charge in [-0.15, -0.1) is 0 Å². The Hall–Kier alpha value is -2.30. The van der Waals surface area contributed by atoms with Crippen molar-refractivity contribution in [2.45, 2.75) is 26.4 Å². The summed E-state index contributed by atoms with van der Waals surface area (Å²) in [5.74, 6) is 0.633. The van der Waals surface area contributed by atoms with E-state index >= 15 is 0 Å². The number of benzene rings is 1. The molecule has 0 bridgehead atoms. The molecular formula is C14H18N4O. The molecule has 5 heteroatoms. The Morgan fingerprint density at radius 3 is 2.95 bits per heavy atom. The van der Waals surface area contributed by atoms with Crippen molar-refractivity contribution in [3.05, 3.63) is 48.0 Å². The van der Waals surface area contributed by atoms with Crippen LogP contribution in [0, 0.1) is 0 Å². The van der Waals surface area contributed by atoms with E-state index in [4.69, 9.17) is 0 Å². The number of aromatic amines is 1. The van der Waals surface area contributed by atoms with Gasteiger partial charge in [0, 0.05) is 29.7 Å². The molecule has 0 aliphatic carbocycles. The maximum absolute atomic E-state index is 12.0. The molecule has 0 aliphatic heterocycles. The maximum Gasteiger partial charge on any atom is 0.251 e. The summed E-state index contributed by atoms with van der Waals surface area (Å²) in [6, 6.07) is 7.79. The van der Waals surface area contributed by atoms with Crippen molar-refractivity contribution in [2.75, 3.05) is 5.32 Å². The lowest BCUT2D eigenvalue weighted by Gasteiger charge is -2.11. The summed E-state index contributed by atoms with van der Waals surface area (Å²) in [5, 5.41) is 6.09. The molecule has 1 aromatic heterocycles. The molecule has 0 atom stereocenters. The normalized spacial score (nSPS) is 10.5. The van der Waals surface area contributed by atoms with Gasteiger partial charge in [-0.2, -0.15) is 0 Å². The van der Waals surface area contributed by atoms with E-state index < -0.39 is 0 Å². The second-order valence-corrected chi connectivity index (χ2v) is 4.60. The molecule has 0 unspecified atom stereocenters. The number of hydrogen-bond acceptors (Lipinski definition) is 3. The zero-order valence-electron chi connectivity index (χ0n) is 11.1. The van der Waals surface area contributed by atoms with Crippen molar-refractivity contribution in [3.8, 4) is 0 Å². The molecule has 0 radical (unpaired) electrons. The minimum atomic E-state index is -0.108. The molecule has 0 saturated carbocycles. The van der Waals surface area contributed by atoms with Crippen molar-refractivity contribution in [2.24, 2.45) is 0 Å². The molecule has 19 heavy (non-hydrogen) atoms. The smallest absolute Gasteiger partial charge is 0.251 e. The topological polar surface area (TPSA) is 69.8 Å². The molecule has 0 spiro atoms. The molecule has 0 saturated heterocycles. The molecule has 1 heterocycles. The van der Waals surface area contributed by atoms with Crippen molar-refractivity contribution in [1.29, 1.82) is 0 Å². The van der Waals surface area contributed by atoms with Gasteiger partial charge in [0.2, 0.25) is 0 Å². The Kier molecular flexibility index (Phi) is 4.18. The van der Waals surface area contributed by atoms with Crippen molar-refractivity contribution >= 4 is 11.6 Å². The number of carbonyl (C=O) groups is 1. The average molecular weight is 258 g/mol.